The molecule has 0 aliphatic carbocycles. The van der Waals surface area contributed by atoms with Crippen molar-refractivity contribution >= 4 is 5.69 Å². The molecule has 0 unspecified atom stereocenters. The van der Waals surface area contributed by atoms with Crippen molar-refractivity contribution in [3.8, 4) is 0 Å². The van der Waals surface area contributed by atoms with Gasteiger partial charge in [-0.1, -0.05) is 6.07 Å². The Hall–Kier alpha value is -2.01. The van der Waals surface area contributed by atoms with Gasteiger partial charge in [-0.15, -0.1) is 0 Å². The molecule has 0 radical (unpaired) electrons. The lowest BCUT2D eigenvalue weighted by Gasteiger charge is -2.20. The molecule has 2 N–H and O–H groups in total. The molecule has 100 valence electrons. The van der Waals surface area contributed by atoms with Crippen LogP contribution >= 0.6 is 0 Å². The molecule has 0 aliphatic rings. The summed E-state index contributed by atoms with van der Waals surface area (Å²) in [4.78, 5) is 5.56. The average Bonchev–Trinajstić information content (AvgIpc) is 2.42. The van der Waals surface area contributed by atoms with E-state index in [4.69, 9.17) is 5.73 Å². The van der Waals surface area contributed by atoms with Crippen LogP contribution in [0.4, 0.5) is 14.5 Å². The maximum atomic E-state index is 13.9. The first-order valence-corrected chi connectivity index (χ1v) is 5.90. The zero-order valence-corrected chi connectivity index (χ0v) is 10.6. The molecule has 1 aromatic heterocycles. The van der Waals surface area contributed by atoms with Gasteiger partial charge in [0.1, 0.15) is 0 Å². The fourth-order valence-electron chi connectivity index (χ4n) is 1.88. The maximum absolute atomic E-state index is 13.9. The first-order valence-electron chi connectivity index (χ1n) is 5.90. The molecule has 0 saturated carbocycles. The zero-order chi connectivity index (χ0) is 13.8. The van der Waals surface area contributed by atoms with Gasteiger partial charge >= 0.3 is 0 Å². The Morgan fingerprint density at radius 2 is 1.79 bits per heavy atom. The molecule has 3 nitrogen and oxygen atoms in total. The maximum Gasteiger partial charge on any atom is 0.182 e. The summed E-state index contributed by atoms with van der Waals surface area (Å²) >= 11 is 0. The number of rotatable bonds is 4. The highest BCUT2D eigenvalue weighted by Gasteiger charge is 2.15. The van der Waals surface area contributed by atoms with Crippen LogP contribution in [0.2, 0.25) is 0 Å². The summed E-state index contributed by atoms with van der Waals surface area (Å²) in [6, 6.07) is 6.72. The van der Waals surface area contributed by atoms with Gasteiger partial charge in [0.05, 0.1) is 5.69 Å². The molecule has 1 heterocycles. The molecular weight excluding hydrogens is 248 g/mol. The number of benzene rings is 1. The van der Waals surface area contributed by atoms with Gasteiger partial charge in [-0.25, -0.2) is 8.78 Å². The number of hydrogen-bond donors (Lipinski definition) is 1. The summed E-state index contributed by atoms with van der Waals surface area (Å²) in [5.74, 6) is -1.74. The Morgan fingerprint density at radius 1 is 1.11 bits per heavy atom. The third-order valence-corrected chi connectivity index (χ3v) is 2.94. The molecule has 19 heavy (non-hydrogen) atoms. The van der Waals surface area contributed by atoms with Crippen molar-refractivity contribution in [1.82, 2.24) is 4.98 Å². The number of hydrogen-bond acceptors (Lipinski definition) is 3. The van der Waals surface area contributed by atoms with E-state index in [1.807, 2.05) is 12.1 Å². The van der Waals surface area contributed by atoms with Crippen molar-refractivity contribution in [3.05, 3.63) is 59.4 Å². The summed E-state index contributed by atoms with van der Waals surface area (Å²) in [6.07, 6.45) is 3.33. The van der Waals surface area contributed by atoms with Crippen LogP contribution in [0.15, 0.2) is 36.7 Å². The number of anilines is 1. The molecule has 0 bridgehead atoms. The SMILES string of the molecule is CN(Cc1ccncc1)c1ccc(CN)c(F)c1F. The molecule has 0 atom stereocenters. The molecular formula is C14H15F2N3. The third kappa shape index (κ3) is 2.88. The second-order valence-corrected chi connectivity index (χ2v) is 4.29. The van der Waals surface area contributed by atoms with E-state index in [9.17, 15) is 8.78 Å². The number of nitrogens with zero attached hydrogens (tertiary/aromatic N) is 2. The van der Waals surface area contributed by atoms with E-state index in [1.165, 1.54) is 6.07 Å². The molecule has 2 aromatic rings. The molecule has 1 aromatic carbocycles. The van der Waals surface area contributed by atoms with Crippen molar-refractivity contribution in [2.75, 3.05) is 11.9 Å². The first kappa shape index (κ1) is 13.4. The van der Waals surface area contributed by atoms with E-state index < -0.39 is 11.6 Å². The molecule has 5 heteroatoms. The Kier molecular flexibility index (Phi) is 4.06. The van der Waals surface area contributed by atoms with Crippen LogP contribution in [-0.2, 0) is 13.1 Å². The first-order chi connectivity index (χ1) is 9.13. The minimum Gasteiger partial charge on any atom is -0.368 e. The van der Waals surface area contributed by atoms with Crippen LogP contribution in [0.1, 0.15) is 11.1 Å². The van der Waals surface area contributed by atoms with Gasteiger partial charge in [-0.2, -0.15) is 0 Å². The summed E-state index contributed by atoms with van der Waals surface area (Å²) in [7, 11) is 1.71. The van der Waals surface area contributed by atoms with Crippen LogP contribution in [-0.4, -0.2) is 12.0 Å². The summed E-state index contributed by atoms with van der Waals surface area (Å²) in [6.45, 7) is 0.456. The molecule has 2 rings (SSSR count). The van der Waals surface area contributed by atoms with Crippen LogP contribution in [0, 0.1) is 11.6 Å². The van der Waals surface area contributed by atoms with Gasteiger partial charge in [0.25, 0.3) is 0 Å². The Bertz CT molecular complexity index is 558. The van der Waals surface area contributed by atoms with E-state index in [0.29, 0.717) is 6.54 Å². The van der Waals surface area contributed by atoms with Crippen LogP contribution < -0.4 is 10.6 Å². The average molecular weight is 263 g/mol. The minimum atomic E-state index is -0.874. The highest BCUT2D eigenvalue weighted by molar-refractivity contribution is 5.49. The predicted molar refractivity (Wildman–Crippen MR) is 70.6 cm³/mol. The van der Waals surface area contributed by atoms with E-state index in [0.717, 1.165) is 5.56 Å². The van der Waals surface area contributed by atoms with Crippen LogP contribution in [0.3, 0.4) is 0 Å². The molecule has 0 fully saturated rings. The summed E-state index contributed by atoms with van der Waals surface area (Å²) in [5.41, 5.74) is 6.71. The highest BCUT2D eigenvalue weighted by atomic mass is 19.2. The van der Waals surface area contributed by atoms with Gasteiger partial charge < -0.3 is 10.6 Å². The summed E-state index contributed by atoms with van der Waals surface area (Å²) in [5, 5.41) is 0. The molecule has 0 aliphatic heterocycles. The van der Waals surface area contributed by atoms with Gasteiger partial charge in [0.2, 0.25) is 0 Å². The fourth-order valence-corrected chi connectivity index (χ4v) is 1.88. The van der Waals surface area contributed by atoms with E-state index in [1.54, 1.807) is 30.4 Å². The Labute approximate surface area is 110 Å². The van der Waals surface area contributed by atoms with Crippen molar-refractivity contribution in [2.45, 2.75) is 13.1 Å². The Morgan fingerprint density at radius 3 is 2.42 bits per heavy atom. The zero-order valence-electron chi connectivity index (χ0n) is 10.6. The van der Waals surface area contributed by atoms with Crippen molar-refractivity contribution in [3.63, 3.8) is 0 Å². The number of pyridine rings is 1. The smallest absolute Gasteiger partial charge is 0.182 e. The van der Waals surface area contributed by atoms with Gasteiger partial charge in [-0.05, 0) is 23.8 Å². The van der Waals surface area contributed by atoms with Gasteiger partial charge in [-0.3, -0.25) is 4.98 Å². The molecule has 0 amide bonds. The van der Waals surface area contributed by atoms with Crippen molar-refractivity contribution in [1.29, 1.82) is 0 Å². The number of nitrogens with two attached hydrogens (primary N) is 1. The second kappa shape index (κ2) is 5.75. The van der Waals surface area contributed by atoms with E-state index in [-0.39, 0.29) is 17.8 Å². The second-order valence-electron chi connectivity index (χ2n) is 4.29. The topological polar surface area (TPSA) is 42.2 Å². The van der Waals surface area contributed by atoms with Crippen LogP contribution in [0.25, 0.3) is 0 Å². The quantitative estimate of drug-likeness (QED) is 0.921. The number of halogens is 2. The van der Waals surface area contributed by atoms with Gasteiger partial charge in [0.15, 0.2) is 11.6 Å². The lowest BCUT2D eigenvalue weighted by Crippen LogP contribution is -2.19. The van der Waals surface area contributed by atoms with Crippen molar-refractivity contribution < 1.29 is 8.78 Å². The largest absolute Gasteiger partial charge is 0.368 e. The predicted octanol–water partition coefficient (Wildman–Crippen LogP) is 2.45. The van der Waals surface area contributed by atoms with Crippen LogP contribution in [0.5, 0.6) is 0 Å². The Balaban J connectivity index is 2.25. The number of aromatic nitrogens is 1. The fraction of sp³-hybridized carbons (Fsp3) is 0.214. The standard InChI is InChI=1S/C14H15F2N3/c1-19(9-10-4-6-18-7-5-10)12-3-2-11(8-17)13(15)14(12)16/h2-7H,8-9,17H2,1H3. The van der Waals surface area contributed by atoms with E-state index in [2.05, 4.69) is 4.98 Å². The summed E-state index contributed by atoms with van der Waals surface area (Å²) < 4.78 is 27.6. The van der Waals surface area contributed by atoms with E-state index >= 15 is 0 Å². The lowest BCUT2D eigenvalue weighted by atomic mass is 10.1. The highest BCUT2D eigenvalue weighted by Crippen LogP contribution is 2.24. The molecule has 0 saturated heterocycles. The van der Waals surface area contributed by atoms with Gasteiger partial charge in [0, 0.05) is 38.1 Å². The lowest BCUT2D eigenvalue weighted by molar-refractivity contribution is 0.498. The van der Waals surface area contributed by atoms with Crippen molar-refractivity contribution in [2.24, 2.45) is 5.73 Å². The third-order valence-electron chi connectivity index (χ3n) is 2.94. The molecule has 0 spiro atoms. The minimum absolute atomic E-state index is 0.0168. The monoisotopic (exact) mass is 263 g/mol. The normalized spacial score (nSPS) is 10.5.